The number of amides is 2. The fourth-order valence-electron chi connectivity index (χ4n) is 3.31. The number of carbonyl (C=O) groups excluding carboxylic acids is 2. The third-order valence-electron chi connectivity index (χ3n) is 5.04. The number of halogens is 1. The number of aryl methyl sites for hydroxylation is 3. The molecule has 0 radical (unpaired) electrons. The molecule has 3 N–H and O–H groups in total. The Bertz CT molecular complexity index is 1150. The third-order valence-corrected chi connectivity index (χ3v) is 6.13. The summed E-state index contributed by atoms with van der Waals surface area (Å²) in [6.07, 6.45) is -0.590. The molecular formula is C20H20FN5O3S. The van der Waals surface area contributed by atoms with Crippen molar-refractivity contribution in [2.75, 3.05) is 18.8 Å². The second kappa shape index (κ2) is 7.52. The van der Waals surface area contributed by atoms with E-state index in [0.29, 0.717) is 34.0 Å². The Balaban J connectivity index is 1.37. The lowest BCUT2D eigenvalue weighted by molar-refractivity contribution is 0.0792. The molecule has 2 amide bonds. The van der Waals surface area contributed by atoms with Gasteiger partial charge < -0.3 is 20.7 Å². The van der Waals surface area contributed by atoms with E-state index in [-0.39, 0.29) is 17.7 Å². The Kier molecular flexibility index (Phi) is 5.02. The highest BCUT2D eigenvalue weighted by Gasteiger charge is 2.34. The van der Waals surface area contributed by atoms with Crippen molar-refractivity contribution < 1.29 is 18.7 Å². The molecule has 0 spiro atoms. The predicted octanol–water partition coefficient (Wildman–Crippen LogP) is 2.95. The molecule has 1 aromatic carbocycles. The highest BCUT2D eigenvalue weighted by molar-refractivity contribution is 7.21. The monoisotopic (exact) mass is 429 g/mol. The van der Waals surface area contributed by atoms with E-state index in [9.17, 15) is 14.0 Å². The number of anilines is 1. The highest BCUT2D eigenvalue weighted by Crippen LogP contribution is 2.35. The molecule has 2 aromatic heterocycles. The van der Waals surface area contributed by atoms with Crippen LogP contribution >= 0.6 is 11.3 Å². The van der Waals surface area contributed by atoms with Crippen LogP contribution in [0.5, 0.6) is 5.75 Å². The summed E-state index contributed by atoms with van der Waals surface area (Å²) in [7, 11) is 0. The van der Waals surface area contributed by atoms with Crippen LogP contribution in [-0.4, -0.2) is 46.2 Å². The molecule has 0 atom stereocenters. The number of thiophene rings is 1. The summed E-state index contributed by atoms with van der Waals surface area (Å²) in [5.74, 6) is -0.635. The maximum absolute atomic E-state index is 13.4. The zero-order valence-corrected chi connectivity index (χ0v) is 17.5. The van der Waals surface area contributed by atoms with E-state index in [1.165, 1.54) is 22.3 Å². The Labute approximate surface area is 175 Å². The van der Waals surface area contributed by atoms with E-state index in [2.05, 4.69) is 15.5 Å². The number of likely N-dealkylation sites (tertiary alicyclic amines) is 1. The van der Waals surface area contributed by atoms with E-state index in [1.54, 1.807) is 13.0 Å². The molecule has 0 unspecified atom stereocenters. The zero-order valence-electron chi connectivity index (χ0n) is 16.7. The van der Waals surface area contributed by atoms with Crippen molar-refractivity contribution in [2.45, 2.75) is 26.8 Å². The highest BCUT2D eigenvalue weighted by atomic mass is 32.1. The fourth-order valence-corrected chi connectivity index (χ4v) is 4.31. The summed E-state index contributed by atoms with van der Waals surface area (Å²) >= 11 is 1.19. The second-order valence-corrected chi connectivity index (χ2v) is 8.34. The van der Waals surface area contributed by atoms with E-state index >= 15 is 0 Å². The van der Waals surface area contributed by atoms with Crippen molar-refractivity contribution >= 4 is 39.2 Å². The standard InChI is InChI=1S/C20H20FN5O3S/c1-9-4-12(21)6-14(5-9)29-20(28)26-7-13(8-26)23-18(27)17-16(22)15-10(2)11(3)24-25-19(15)30-17/h4-6,13H,7-8,22H2,1-3H3,(H,23,27). The van der Waals surface area contributed by atoms with Crippen LogP contribution in [0.2, 0.25) is 0 Å². The lowest BCUT2D eigenvalue weighted by atomic mass is 10.1. The summed E-state index contributed by atoms with van der Waals surface area (Å²) in [6.45, 7) is 6.03. The van der Waals surface area contributed by atoms with Gasteiger partial charge in [-0.15, -0.1) is 16.4 Å². The minimum Gasteiger partial charge on any atom is -0.410 e. The van der Waals surface area contributed by atoms with Crippen LogP contribution in [-0.2, 0) is 0 Å². The van der Waals surface area contributed by atoms with Crippen molar-refractivity contribution in [3.63, 3.8) is 0 Å². The van der Waals surface area contributed by atoms with Crippen molar-refractivity contribution in [3.05, 3.63) is 45.7 Å². The first-order valence-electron chi connectivity index (χ1n) is 9.29. The predicted molar refractivity (Wildman–Crippen MR) is 111 cm³/mol. The first-order chi connectivity index (χ1) is 14.2. The van der Waals surface area contributed by atoms with E-state index in [4.69, 9.17) is 10.5 Å². The number of ether oxygens (including phenoxy) is 1. The number of nitrogens with two attached hydrogens (primary N) is 1. The third kappa shape index (κ3) is 3.65. The normalized spacial score (nSPS) is 13.9. The van der Waals surface area contributed by atoms with Gasteiger partial charge in [-0.25, -0.2) is 9.18 Å². The van der Waals surface area contributed by atoms with Gasteiger partial charge in [0.15, 0.2) is 0 Å². The topological polar surface area (TPSA) is 110 Å². The first kappa shape index (κ1) is 20.0. The van der Waals surface area contributed by atoms with Gasteiger partial charge in [-0.3, -0.25) is 4.79 Å². The van der Waals surface area contributed by atoms with Crippen LogP contribution in [0.25, 0.3) is 10.2 Å². The van der Waals surface area contributed by atoms with Crippen molar-refractivity contribution in [1.82, 2.24) is 20.4 Å². The molecule has 8 nitrogen and oxygen atoms in total. The molecule has 3 aromatic rings. The smallest absolute Gasteiger partial charge is 0.410 e. The molecular weight excluding hydrogens is 409 g/mol. The van der Waals surface area contributed by atoms with E-state index < -0.39 is 11.9 Å². The van der Waals surface area contributed by atoms with Crippen LogP contribution in [0.4, 0.5) is 14.9 Å². The Hall–Kier alpha value is -3.27. The lowest BCUT2D eigenvalue weighted by Crippen LogP contribution is -2.61. The van der Waals surface area contributed by atoms with Crippen LogP contribution in [0, 0.1) is 26.6 Å². The Morgan fingerprint density at radius 2 is 1.97 bits per heavy atom. The maximum atomic E-state index is 13.4. The largest absolute Gasteiger partial charge is 0.415 e. The number of nitrogens with zero attached hydrogens (tertiary/aromatic N) is 3. The van der Waals surface area contributed by atoms with E-state index in [1.807, 2.05) is 13.8 Å². The molecule has 4 rings (SSSR count). The first-order valence-corrected chi connectivity index (χ1v) is 10.1. The molecule has 156 valence electrons. The SMILES string of the molecule is Cc1cc(F)cc(OC(=O)N2CC(NC(=O)c3sc4nnc(C)c(C)c4c3N)C2)c1. The summed E-state index contributed by atoms with van der Waals surface area (Å²) in [4.78, 5) is 27.3. The molecule has 1 fully saturated rings. The number of aromatic nitrogens is 2. The number of nitrogens with one attached hydrogen (secondary N) is 1. The molecule has 3 heterocycles. The summed E-state index contributed by atoms with van der Waals surface area (Å²) < 4.78 is 18.6. The number of fused-ring (bicyclic) bond motifs is 1. The van der Waals surface area contributed by atoms with E-state index in [0.717, 1.165) is 22.7 Å². The van der Waals surface area contributed by atoms with Gasteiger partial charge >= 0.3 is 6.09 Å². The van der Waals surface area contributed by atoms with Crippen molar-refractivity contribution in [2.24, 2.45) is 0 Å². The number of hydrogen-bond acceptors (Lipinski definition) is 7. The number of rotatable bonds is 3. The molecule has 0 saturated carbocycles. The molecule has 1 aliphatic rings. The summed E-state index contributed by atoms with van der Waals surface area (Å²) in [5, 5.41) is 11.8. The molecule has 30 heavy (non-hydrogen) atoms. The second-order valence-electron chi connectivity index (χ2n) is 7.34. The van der Waals surface area contributed by atoms with Gasteiger partial charge in [0.05, 0.1) is 17.4 Å². The average Bonchev–Trinajstić information content (AvgIpc) is 2.97. The maximum Gasteiger partial charge on any atom is 0.415 e. The Morgan fingerprint density at radius 1 is 1.23 bits per heavy atom. The number of benzene rings is 1. The minimum absolute atomic E-state index is 0.148. The van der Waals surface area contributed by atoms with Crippen molar-refractivity contribution in [3.8, 4) is 5.75 Å². The molecule has 0 aliphatic carbocycles. The van der Waals surface area contributed by atoms with Crippen LogP contribution in [0.1, 0.15) is 26.5 Å². The molecule has 1 aliphatic heterocycles. The molecule has 1 saturated heterocycles. The van der Waals surface area contributed by atoms with Gasteiger partial charge in [0, 0.05) is 24.5 Å². The van der Waals surface area contributed by atoms with Crippen LogP contribution in [0.15, 0.2) is 18.2 Å². The van der Waals surface area contributed by atoms with Gasteiger partial charge in [0.25, 0.3) is 5.91 Å². The van der Waals surface area contributed by atoms with Crippen LogP contribution in [0.3, 0.4) is 0 Å². The fraction of sp³-hybridized carbons (Fsp3) is 0.300. The Morgan fingerprint density at radius 3 is 2.67 bits per heavy atom. The van der Waals surface area contributed by atoms with Gasteiger partial charge in [0.1, 0.15) is 21.3 Å². The average molecular weight is 429 g/mol. The van der Waals surface area contributed by atoms with Gasteiger partial charge in [-0.2, -0.15) is 5.10 Å². The molecule has 0 bridgehead atoms. The number of nitrogen functional groups attached to an aromatic ring is 1. The zero-order chi connectivity index (χ0) is 21.6. The summed E-state index contributed by atoms with van der Waals surface area (Å²) in [5.41, 5.74) is 8.91. The van der Waals surface area contributed by atoms with Gasteiger partial charge in [0.2, 0.25) is 0 Å². The lowest BCUT2D eigenvalue weighted by Gasteiger charge is -2.38. The van der Waals surface area contributed by atoms with Gasteiger partial charge in [-0.05, 0) is 44.0 Å². The minimum atomic E-state index is -0.590. The number of carbonyl (C=O) groups is 2. The summed E-state index contributed by atoms with van der Waals surface area (Å²) in [6, 6.07) is 3.86. The van der Waals surface area contributed by atoms with Gasteiger partial charge in [-0.1, -0.05) is 0 Å². The quantitative estimate of drug-likeness (QED) is 0.662. The van der Waals surface area contributed by atoms with Crippen molar-refractivity contribution in [1.29, 1.82) is 0 Å². The molecule has 10 heteroatoms. The van der Waals surface area contributed by atoms with Crippen LogP contribution < -0.4 is 15.8 Å². The number of hydrogen-bond donors (Lipinski definition) is 2.